The van der Waals surface area contributed by atoms with Crippen LogP contribution >= 0.6 is 0 Å². The Bertz CT molecular complexity index is 220. The molecule has 0 aromatic carbocycles. The van der Waals surface area contributed by atoms with E-state index in [0.717, 1.165) is 51.6 Å². The van der Waals surface area contributed by atoms with Crippen LogP contribution in [-0.2, 0) is 4.79 Å². The SMILES string of the molecule is CCCC1(C(=O)NCCCCO)CCNCC1. The minimum atomic E-state index is -0.140. The van der Waals surface area contributed by atoms with E-state index in [1.807, 2.05) is 0 Å². The van der Waals surface area contributed by atoms with Crippen molar-refractivity contribution in [2.24, 2.45) is 5.41 Å². The second kappa shape index (κ2) is 7.67. The molecule has 17 heavy (non-hydrogen) atoms. The number of nitrogens with one attached hydrogen (secondary N) is 2. The molecule has 1 aliphatic rings. The molecule has 0 atom stereocenters. The molecule has 0 radical (unpaired) electrons. The van der Waals surface area contributed by atoms with Gasteiger partial charge in [-0.1, -0.05) is 13.3 Å². The Hall–Kier alpha value is -0.610. The average molecular weight is 242 g/mol. The Morgan fingerprint density at radius 2 is 2.06 bits per heavy atom. The van der Waals surface area contributed by atoms with E-state index in [2.05, 4.69) is 17.6 Å². The minimum Gasteiger partial charge on any atom is -0.396 e. The van der Waals surface area contributed by atoms with Crippen LogP contribution in [0.25, 0.3) is 0 Å². The van der Waals surface area contributed by atoms with Gasteiger partial charge in [0.05, 0.1) is 5.41 Å². The Morgan fingerprint density at radius 3 is 2.65 bits per heavy atom. The highest BCUT2D eigenvalue weighted by atomic mass is 16.2. The first-order valence-corrected chi connectivity index (χ1v) is 6.85. The summed E-state index contributed by atoms with van der Waals surface area (Å²) in [6.45, 7) is 4.94. The zero-order valence-electron chi connectivity index (χ0n) is 10.9. The van der Waals surface area contributed by atoms with Crippen LogP contribution in [0.4, 0.5) is 0 Å². The quantitative estimate of drug-likeness (QED) is 0.585. The van der Waals surface area contributed by atoms with Crippen molar-refractivity contribution < 1.29 is 9.90 Å². The van der Waals surface area contributed by atoms with Gasteiger partial charge in [0.25, 0.3) is 0 Å². The van der Waals surface area contributed by atoms with Gasteiger partial charge in [-0.15, -0.1) is 0 Å². The molecule has 100 valence electrons. The average Bonchev–Trinajstić information content (AvgIpc) is 2.36. The first-order valence-electron chi connectivity index (χ1n) is 6.85. The molecular weight excluding hydrogens is 216 g/mol. The number of aliphatic hydroxyl groups is 1. The summed E-state index contributed by atoms with van der Waals surface area (Å²) < 4.78 is 0. The molecule has 1 heterocycles. The third-order valence-electron chi connectivity index (χ3n) is 3.64. The van der Waals surface area contributed by atoms with Gasteiger partial charge in [0.2, 0.25) is 5.91 Å². The van der Waals surface area contributed by atoms with Gasteiger partial charge in [0, 0.05) is 13.2 Å². The number of carbonyl (C=O) groups excluding carboxylic acids is 1. The predicted molar refractivity (Wildman–Crippen MR) is 68.8 cm³/mol. The van der Waals surface area contributed by atoms with Gasteiger partial charge < -0.3 is 15.7 Å². The van der Waals surface area contributed by atoms with Crippen molar-refractivity contribution in [2.45, 2.75) is 45.4 Å². The van der Waals surface area contributed by atoms with Gasteiger partial charge in [-0.25, -0.2) is 0 Å². The van der Waals surface area contributed by atoms with Crippen molar-refractivity contribution in [1.82, 2.24) is 10.6 Å². The number of aliphatic hydroxyl groups excluding tert-OH is 1. The molecule has 3 N–H and O–H groups in total. The van der Waals surface area contributed by atoms with Crippen LogP contribution in [-0.4, -0.2) is 37.3 Å². The summed E-state index contributed by atoms with van der Waals surface area (Å²) in [5, 5.41) is 15.0. The Balaban J connectivity index is 2.42. The lowest BCUT2D eigenvalue weighted by Crippen LogP contribution is -2.47. The van der Waals surface area contributed by atoms with Crippen LogP contribution in [0.3, 0.4) is 0 Å². The zero-order chi connectivity index (χ0) is 12.6. The van der Waals surface area contributed by atoms with E-state index in [4.69, 9.17) is 5.11 Å². The topological polar surface area (TPSA) is 61.4 Å². The molecule has 0 bridgehead atoms. The molecule has 0 unspecified atom stereocenters. The first-order chi connectivity index (χ1) is 8.25. The Morgan fingerprint density at radius 1 is 1.35 bits per heavy atom. The summed E-state index contributed by atoms with van der Waals surface area (Å²) in [5.41, 5.74) is -0.140. The molecule has 0 saturated carbocycles. The van der Waals surface area contributed by atoms with Gasteiger partial charge >= 0.3 is 0 Å². The van der Waals surface area contributed by atoms with E-state index >= 15 is 0 Å². The second-order valence-electron chi connectivity index (χ2n) is 4.97. The van der Waals surface area contributed by atoms with Crippen LogP contribution in [0.2, 0.25) is 0 Å². The molecule has 0 spiro atoms. The van der Waals surface area contributed by atoms with Crippen LogP contribution in [0.1, 0.15) is 45.4 Å². The maximum atomic E-state index is 12.3. The van der Waals surface area contributed by atoms with E-state index < -0.39 is 0 Å². The highest BCUT2D eigenvalue weighted by Crippen LogP contribution is 2.34. The number of amides is 1. The van der Waals surface area contributed by atoms with Crippen LogP contribution in [0.15, 0.2) is 0 Å². The van der Waals surface area contributed by atoms with Crippen LogP contribution < -0.4 is 10.6 Å². The van der Waals surface area contributed by atoms with E-state index in [9.17, 15) is 4.79 Å². The lowest BCUT2D eigenvalue weighted by molar-refractivity contribution is -0.133. The first kappa shape index (κ1) is 14.5. The number of rotatable bonds is 7. The normalized spacial score (nSPS) is 18.9. The zero-order valence-corrected chi connectivity index (χ0v) is 10.9. The number of unbranched alkanes of at least 4 members (excludes halogenated alkanes) is 1. The van der Waals surface area contributed by atoms with Crippen molar-refractivity contribution in [3.63, 3.8) is 0 Å². The van der Waals surface area contributed by atoms with E-state index in [1.54, 1.807) is 0 Å². The van der Waals surface area contributed by atoms with E-state index in [1.165, 1.54) is 0 Å². The summed E-state index contributed by atoms with van der Waals surface area (Å²) in [6, 6.07) is 0. The van der Waals surface area contributed by atoms with Gasteiger partial charge in [-0.3, -0.25) is 4.79 Å². The molecule has 4 nitrogen and oxygen atoms in total. The van der Waals surface area contributed by atoms with Crippen LogP contribution in [0, 0.1) is 5.41 Å². The second-order valence-corrected chi connectivity index (χ2v) is 4.97. The molecule has 1 saturated heterocycles. The van der Waals surface area contributed by atoms with Crippen molar-refractivity contribution >= 4 is 5.91 Å². The molecule has 1 aliphatic heterocycles. The Kier molecular flexibility index (Phi) is 6.52. The summed E-state index contributed by atoms with van der Waals surface area (Å²) in [6.07, 6.45) is 5.58. The molecule has 1 amide bonds. The maximum absolute atomic E-state index is 12.3. The predicted octanol–water partition coefficient (Wildman–Crippen LogP) is 1.05. The maximum Gasteiger partial charge on any atom is 0.226 e. The molecule has 1 fully saturated rings. The van der Waals surface area contributed by atoms with Crippen LogP contribution in [0.5, 0.6) is 0 Å². The fourth-order valence-corrected chi connectivity index (χ4v) is 2.60. The summed E-state index contributed by atoms with van der Waals surface area (Å²) in [5.74, 6) is 0.221. The lowest BCUT2D eigenvalue weighted by atomic mass is 9.74. The summed E-state index contributed by atoms with van der Waals surface area (Å²) >= 11 is 0. The minimum absolute atomic E-state index is 0.140. The monoisotopic (exact) mass is 242 g/mol. The van der Waals surface area contributed by atoms with Crippen molar-refractivity contribution in [3.8, 4) is 0 Å². The largest absolute Gasteiger partial charge is 0.396 e. The fourth-order valence-electron chi connectivity index (χ4n) is 2.60. The third-order valence-corrected chi connectivity index (χ3v) is 3.64. The van der Waals surface area contributed by atoms with Gasteiger partial charge in [-0.05, 0) is 45.2 Å². The third kappa shape index (κ3) is 4.28. The number of carbonyl (C=O) groups is 1. The van der Waals surface area contributed by atoms with E-state index in [-0.39, 0.29) is 17.9 Å². The van der Waals surface area contributed by atoms with Gasteiger partial charge in [0.15, 0.2) is 0 Å². The van der Waals surface area contributed by atoms with Crippen molar-refractivity contribution in [1.29, 1.82) is 0 Å². The smallest absolute Gasteiger partial charge is 0.226 e. The molecule has 0 aliphatic carbocycles. The molecule has 1 rings (SSSR count). The molecular formula is C13H26N2O2. The summed E-state index contributed by atoms with van der Waals surface area (Å²) in [7, 11) is 0. The molecule has 4 heteroatoms. The van der Waals surface area contributed by atoms with E-state index in [0.29, 0.717) is 6.54 Å². The number of hydrogen-bond acceptors (Lipinski definition) is 3. The lowest BCUT2D eigenvalue weighted by Gasteiger charge is -2.36. The van der Waals surface area contributed by atoms with Crippen molar-refractivity contribution in [2.75, 3.05) is 26.2 Å². The molecule has 0 aromatic rings. The number of piperidine rings is 1. The number of hydrogen-bond donors (Lipinski definition) is 3. The van der Waals surface area contributed by atoms with Crippen molar-refractivity contribution in [3.05, 3.63) is 0 Å². The fraction of sp³-hybridized carbons (Fsp3) is 0.923. The van der Waals surface area contributed by atoms with Gasteiger partial charge in [-0.2, -0.15) is 0 Å². The molecule has 0 aromatic heterocycles. The highest BCUT2D eigenvalue weighted by Gasteiger charge is 2.38. The standard InChI is InChI=1S/C13H26N2O2/c1-2-5-13(6-9-14-10-7-13)12(17)15-8-3-4-11-16/h14,16H,2-11H2,1H3,(H,15,17). The van der Waals surface area contributed by atoms with Gasteiger partial charge in [0.1, 0.15) is 0 Å². The Labute approximate surface area is 104 Å². The summed E-state index contributed by atoms with van der Waals surface area (Å²) in [4.78, 5) is 12.3. The highest BCUT2D eigenvalue weighted by molar-refractivity contribution is 5.82.